The third-order valence-corrected chi connectivity index (χ3v) is 4.64. The van der Waals surface area contributed by atoms with E-state index in [-0.39, 0.29) is 5.91 Å². The largest absolute Gasteiger partial charge is 0.368 e. The first-order valence-electron chi connectivity index (χ1n) is 7.61. The predicted octanol–water partition coefficient (Wildman–Crippen LogP) is 2.84. The molecule has 2 saturated carbocycles. The highest BCUT2D eigenvalue weighted by Crippen LogP contribution is 2.48. The van der Waals surface area contributed by atoms with E-state index in [9.17, 15) is 9.59 Å². The van der Waals surface area contributed by atoms with E-state index >= 15 is 0 Å². The number of hydrogen-bond donors (Lipinski definition) is 2. The summed E-state index contributed by atoms with van der Waals surface area (Å²) in [4.78, 5) is 24.0. The normalized spacial score (nSPS) is 18.4. The minimum absolute atomic E-state index is 0.224. The molecule has 0 spiro atoms. The van der Waals surface area contributed by atoms with Gasteiger partial charge < -0.3 is 11.1 Å². The van der Waals surface area contributed by atoms with E-state index in [1.54, 1.807) is 18.2 Å². The Morgan fingerprint density at radius 1 is 1.23 bits per heavy atom. The average Bonchev–Trinajstić information content (AvgIpc) is 3.36. The van der Waals surface area contributed by atoms with Crippen LogP contribution in [0.15, 0.2) is 40.4 Å². The maximum atomic E-state index is 12.3. The minimum atomic E-state index is -0.805. The van der Waals surface area contributed by atoms with Gasteiger partial charge in [0.2, 0.25) is 11.8 Å². The number of carbonyl (C=O) groups is 2. The lowest BCUT2D eigenvalue weighted by Crippen LogP contribution is -2.36. The number of nitrogens with one attached hydrogen (secondary N) is 1. The maximum Gasteiger partial charge on any atom is 0.244 e. The van der Waals surface area contributed by atoms with Crippen LogP contribution < -0.4 is 11.1 Å². The SMILES string of the molecule is NC(=O)[C@H](NC(=O)C=C(C1CC1)C1CC1)c1cccc(Br)c1. The molecule has 2 amide bonds. The molecule has 1 atom stereocenters. The topological polar surface area (TPSA) is 72.2 Å². The summed E-state index contributed by atoms with van der Waals surface area (Å²) in [7, 11) is 0. The zero-order chi connectivity index (χ0) is 15.7. The van der Waals surface area contributed by atoms with Crippen molar-refractivity contribution in [2.75, 3.05) is 0 Å². The van der Waals surface area contributed by atoms with Crippen molar-refractivity contribution >= 4 is 27.7 Å². The van der Waals surface area contributed by atoms with Crippen LogP contribution in [0, 0.1) is 11.8 Å². The molecule has 0 heterocycles. The van der Waals surface area contributed by atoms with E-state index in [2.05, 4.69) is 21.2 Å². The highest BCUT2D eigenvalue weighted by Gasteiger charge is 2.36. The fraction of sp³-hybridized carbons (Fsp3) is 0.412. The van der Waals surface area contributed by atoms with Crippen LogP contribution in [0.1, 0.15) is 37.3 Å². The number of primary amides is 1. The summed E-state index contributed by atoms with van der Waals surface area (Å²) < 4.78 is 0.845. The smallest absolute Gasteiger partial charge is 0.244 e. The molecule has 5 heteroatoms. The Balaban J connectivity index is 1.74. The van der Waals surface area contributed by atoms with Crippen molar-refractivity contribution in [3.63, 3.8) is 0 Å². The number of nitrogens with two attached hydrogens (primary N) is 1. The maximum absolute atomic E-state index is 12.3. The third-order valence-electron chi connectivity index (χ3n) is 4.15. The van der Waals surface area contributed by atoms with Gasteiger partial charge in [0.25, 0.3) is 0 Å². The van der Waals surface area contributed by atoms with Crippen LogP contribution in [0.2, 0.25) is 0 Å². The molecule has 1 aromatic rings. The predicted molar refractivity (Wildman–Crippen MR) is 87.8 cm³/mol. The van der Waals surface area contributed by atoms with Gasteiger partial charge in [0.15, 0.2) is 0 Å². The molecule has 2 aliphatic carbocycles. The Labute approximate surface area is 138 Å². The molecule has 116 valence electrons. The van der Waals surface area contributed by atoms with Gasteiger partial charge >= 0.3 is 0 Å². The zero-order valence-electron chi connectivity index (χ0n) is 12.2. The zero-order valence-corrected chi connectivity index (χ0v) is 13.8. The quantitative estimate of drug-likeness (QED) is 0.763. The molecule has 3 N–H and O–H groups in total. The Kier molecular flexibility index (Phi) is 4.34. The second-order valence-corrected chi connectivity index (χ2v) is 7.01. The highest BCUT2D eigenvalue weighted by atomic mass is 79.9. The van der Waals surface area contributed by atoms with Gasteiger partial charge in [-0.3, -0.25) is 9.59 Å². The first-order valence-corrected chi connectivity index (χ1v) is 8.40. The van der Waals surface area contributed by atoms with Crippen LogP contribution in [-0.4, -0.2) is 11.8 Å². The van der Waals surface area contributed by atoms with E-state index in [1.165, 1.54) is 31.3 Å². The summed E-state index contributed by atoms with van der Waals surface area (Å²) in [6, 6.07) is 6.45. The van der Waals surface area contributed by atoms with Crippen molar-refractivity contribution in [3.05, 3.63) is 46.0 Å². The number of amides is 2. The van der Waals surface area contributed by atoms with E-state index < -0.39 is 11.9 Å². The number of hydrogen-bond acceptors (Lipinski definition) is 2. The summed E-state index contributed by atoms with van der Waals surface area (Å²) in [6.07, 6.45) is 6.42. The van der Waals surface area contributed by atoms with E-state index in [4.69, 9.17) is 5.73 Å². The van der Waals surface area contributed by atoms with Crippen LogP contribution in [0.4, 0.5) is 0 Å². The van der Waals surface area contributed by atoms with E-state index in [0.29, 0.717) is 17.4 Å². The van der Waals surface area contributed by atoms with E-state index in [1.807, 2.05) is 12.1 Å². The molecular formula is C17H19BrN2O2. The fourth-order valence-electron chi connectivity index (χ4n) is 2.74. The number of halogens is 1. The molecule has 4 nitrogen and oxygen atoms in total. The monoisotopic (exact) mass is 362 g/mol. The van der Waals surface area contributed by atoms with Gasteiger partial charge in [0.05, 0.1) is 0 Å². The molecule has 0 bridgehead atoms. The average molecular weight is 363 g/mol. The van der Waals surface area contributed by atoms with Gasteiger partial charge in [-0.05, 0) is 55.2 Å². The third kappa shape index (κ3) is 3.77. The molecule has 0 radical (unpaired) electrons. The molecule has 1 aromatic carbocycles. The number of rotatable bonds is 6. The second-order valence-electron chi connectivity index (χ2n) is 6.09. The Bertz CT molecular complexity index is 619. The summed E-state index contributed by atoms with van der Waals surface area (Å²) >= 11 is 3.36. The molecular weight excluding hydrogens is 344 g/mol. The molecule has 3 rings (SSSR count). The van der Waals surface area contributed by atoms with Crippen molar-refractivity contribution in [3.8, 4) is 0 Å². The first-order chi connectivity index (χ1) is 10.5. The lowest BCUT2D eigenvalue weighted by Gasteiger charge is -2.15. The minimum Gasteiger partial charge on any atom is -0.368 e. The second kappa shape index (κ2) is 6.24. The number of allylic oxidation sites excluding steroid dienone is 1. The van der Waals surface area contributed by atoms with Crippen LogP contribution in [0.5, 0.6) is 0 Å². The summed E-state index contributed by atoms with van der Waals surface area (Å²) in [6.45, 7) is 0. The summed E-state index contributed by atoms with van der Waals surface area (Å²) in [5, 5.41) is 2.75. The van der Waals surface area contributed by atoms with E-state index in [0.717, 1.165) is 4.47 Å². The van der Waals surface area contributed by atoms with Crippen LogP contribution in [-0.2, 0) is 9.59 Å². The molecule has 0 unspecified atom stereocenters. The van der Waals surface area contributed by atoms with Crippen molar-refractivity contribution < 1.29 is 9.59 Å². The summed E-state index contributed by atoms with van der Waals surface area (Å²) in [5.41, 5.74) is 7.40. The van der Waals surface area contributed by atoms with Gasteiger partial charge in [0, 0.05) is 10.5 Å². The lowest BCUT2D eigenvalue weighted by atomic mass is 10.0. The lowest BCUT2D eigenvalue weighted by molar-refractivity contribution is -0.125. The Morgan fingerprint density at radius 3 is 2.36 bits per heavy atom. The van der Waals surface area contributed by atoms with Crippen molar-refractivity contribution in [2.45, 2.75) is 31.7 Å². The Hall–Kier alpha value is -1.62. The molecule has 2 aliphatic rings. The highest BCUT2D eigenvalue weighted by molar-refractivity contribution is 9.10. The summed E-state index contributed by atoms with van der Waals surface area (Å²) in [5.74, 6) is 0.379. The van der Waals surface area contributed by atoms with Gasteiger partial charge in [0.1, 0.15) is 6.04 Å². The van der Waals surface area contributed by atoms with Crippen LogP contribution >= 0.6 is 15.9 Å². The fourth-order valence-corrected chi connectivity index (χ4v) is 3.16. The van der Waals surface area contributed by atoms with Crippen LogP contribution in [0.25, 0.3) is 0 Å². The molecule has 22 heavy (non-hydrogen) atoms. The molecule has 2 fully saturated rings. The van der Waals surface area contributed by atoms with Gasteiger partial charge in [-0.2, -0.15) is 0 Å². The molecule has 0 aromatic heterocycles. The van der Waals surface area contributed by atoms with Gasteiger partial charge in [-0.25, -0.2) is 0 Å². The Morgan fingerprint density at radius 2 is 1.86 bits per heavy atom. The van der Waals surface area contributed by atoms with Crippen LogP contribution in [0.3, 0.4) is 0 Å². The molecule has 0 saturated heterocycles. The standard InChI is InChI=1S/C17H19BrN2O2/c18-13-3-1-2-12(8-13)16(17(19)22)20-15(21)9-14(10-4-5-10)11-6-7-11/h1-3,8-11,16H,4-7H2,(H2,19,22)(H,20,21)/t16-/m1/s1. The van der Waals surface area contributed by atoms with Crippen molar-refractivity contribution in [2.24, 2.45) is 17.6 Å². The van der Waals surface area contributed by atoms with Gasteiger partial charge in [-0.15, -0.1) is 0 Å². The van der Waals surface area contributed by atoms with Crippen molar-refractivity contribution in [1.82, 2.24) is 5.32 Å². The number of carbonyl (C=O) groups excluding carboxylic acids is 2. The number of benzene rings is 1. The first kappa shape index (κ1) is 15.3. The van der Waals surface area contributed by atoms with Crippen molar-refractivity contribution in [1.29, 1.82) is 0 Å². The van der Waals surface area contributed by atoms with Gasteiger partial charge in [-0.1, -0.05) is 33.6 Å². The molecule has 0 aliphatic heterocycles.